The number of hydrogen-bond acceptors (Lipinski definition) is 6. The lowest BCUT2D eigenvalue weighted by Gasteiger charge is -2.16. The average Bonchev–Trinajstić information content (AvgIpc) is 3.22. The Kier molecular flexibility index (Phi) is 8.06. The van der Waals surface area contributed by atoms with Gasteiger partial charge in [0.2, 0.25) is 0 Å². The minimum atomic E-state index is -4.59. The molecule has 2 aromatic carbocycles. The summed E-state index contributed by atoms with van der Waals surface area (Å²) in [6, 6.07) is 12.3. The standard InChI is InChI=1S/C28H28ClF3N6O2/c1-27(2,3)23-21(29)22(38(4)37-23)26(39)36-25-24(33-14-16-10-12-17(40-5)13-11-16)35-20(15-34-25)18-8-6-7-9-19(18)28(30,31)32/h6-13,15H,14H2,1-5H3,(H,33,35)(H,34,36,39). The molecule has 2 aromatic heterocycles. The van der Waals surface area contributed by atoms with E-state index >= 15 is 0 Å². The predicted molar refractivity (Wildman–Crippen MR) is 148 cm³/mol. The summed E-state index contributed by atoms with van der Waals surface area (Å²) in [6.07, 6.45) is -3.41. The highest BCUT2D eigenvalue weighted by molar-refractivity contribution is 6.35. The summed E-state index contributed by atoms with van der Waals surface area (Å²) in [5.41, 5.74) is 0.0789. The van der Waals surface area contributed by atoms with E-state index < -0.39 is 23.1 Å². The molecule has 0 atom stereocenters. The number of amides is 1. The fourth-order valence-electron chi connectivity index (χ4n) is 4.01. The highest BCUT2D eigenvalue weighted by atomic mass is 35.5. The molecule has 0 saturated heterocycles. The number of nitrogens with one attached hydrogen (secondary N) is 2. The number of hydrogen-bond donors (Lipinski definition) is 2. The van der Waals surface area contributed by atoms with E-state index in [2.05, 4.69) is 25.7 Å². The molecule has 0 aliphatic rings. The third-order valence-electron chi connectivity index (χ3n) is 6.05. The first kappa shape index (κ1) is 28.9. The monoisotopic (exact) mass is 572 g/mol. The molecule has 8 nitrogen and oxygen atoms in total. The van der Waals surface area contributed by atoms with Gasteiger partial charge in [0.15, 0.2) is 11.6 Å². The smallest absolute Gasteiger partial charge is 0.417 e. The fraction of sp³-hybridized carbons (Fsp3) is 0.286. The minimum absolute atomic E-state index is 0.0151. The molecule has 0 aliphatic heterocycles. The summed E-state index contributed by atoms with van der Waals surface area (Å²) in [6.45, 7) is 6.01. The zero-order valence-corrected chi connectivity index (χ0v) is 23.3. The lowest BCUT2D eigenvalue weighted by Crippen LogP contribution is -2.19. The van der Waals surface area contributed by atoms with Gasteiger partial charge in [0, 0.05) is 24.6 Å². The Hall–Kier alpha value is -4.12. The maximum absolute atomic E-state index is 13.7. The molecule has 1 amide bonds. The van der Waals surface area contributed by atoms with Gasteiger partial charge in [-0.15, -0.1) is 0 Å². The Morgan fingerprint density at radius 3 is 2.33 bits per heavy atom. The summed E-state index contributed by atoms with van der Waals surface area (Å²) >= 11 is 6.53. The van der Waals surface area contributed by atoms with Crippen LogP contribution in [-0.2, 0) is 25.2 Å². The Morgan fingerprint density at radius 2 is 1.73 bits per heavy atom. The van der Waals surface area contributed by atoms with Gasteiger partial charge in [-0.2, -0.15) is 18.3 Å². The van der Waals surface area contributed by atoms with Crippen LogP contribution in [0.2, 0.25) is 5.02 Å². The zero-order chi connectivity index (χ0) is 29.2. The molecule has 12 heteroatoms. The molecule has 2 heterocycles. The van der Waals surface area contributed by atoms with Gasteiger partial charge in [-0.05, 0) is 23.8 Å². The van der Waals surface area contributed by atoms with Crippen LogP contribution in [-0.4, -0.2) is 32.8 Å². The number of nitrogens with zero attached hydrogens (tertiary/aromatic N) is 4. The van der Waals surface area contributed by atoms with Crippen LogP contribution in [0.15, 0.2) is 54.7 Å². The topological polar surface area (TPSA) is 94.0 Å². The minimum Gasteiger partial charge on any atom is -0.497 e. The van der Waals surface area contributed by atoms with Gasteiger partial charge < -0.3 is 15.4 Å². The third kappa shape index (κ3) is 6.20. The van der Waals surface area contributed by atoms with Gasteiger partial charge in [-0.25, -0.2) is 9.97 Å². The molecule has 0 fully saturated rings. The Morgan fingerprint density at radius 1 is 1.05 bits per heavy atom. The molecule has 0 aliphatic carbocycles. The van der Waals surface area contributed by atoms with Gasteiger partial charge in [0.25, 0.3) is 5.91 Å². The summed E-state index contributed by atoms with van der Waals surface area (Å²) < 4.78 is 47.7. The van der Waals surface area contributed by atoms with Crippen LogP contribution in [0.4, 0.5) is 24.8 Å². The number of ether oxygens (including phenoxy) is 1. The molecular formula is C28H28ClF3N6O2. The molecule has 0 spiro atoms. The number of methoxy groups -OCH3 is 1. The number of halogens is 4. The van der Waals surface area contributed by atoms with Crippen molar-refractivity contribution in [3.8, 4) is 17.0 Å². The number of anilines is 2. The van der Waals surface area contributed by atoms with Gasteiger partial charge in [0.05, 0.1) is 35.3 Å². The second-order valence-electron chi connectivity index (χ2n) is 10.0. The Bertz CT molecular complexity index is 1530. The number of rotatable bonds is 7. The summed E-state index contributed by atoms with van der Waals surface area (Å²) in [5.74, 6) is 0.167. The number of benzene rings is 2. The van der Waals surface area contributed by atoms with E-state index in [0.29, 0.717) is 11.4 Å². The molecule has 0 bridgehead atoms. The van der Waals surface area contributed by atoms with Crippen molar-refractivity contribution in [2.45, 2.75) is 38.9 Å². The van der Waals surface area contributed by atoms with Crippen LogP contribution in [0.3, 0.4) is 0 Å². The number of carbonyl (C=O) groups is 1. The van der Waals surface area contributed by atoms with Crippen molar-refractivity contribution in [1.29, 1.82) is 0 Å². The van der Waals surface area contributed by atoms with Crippen molar-refractivity contribution >= 4 is 29.1 Å². The van der Waals surface area contributed by atoms with Crippen molar-refractivity contribution in [2.24, 2.45) is 7.05 Å². The van der Waals surface area contributed by atoms with Gasteiger partial charge >= 0.3 is 6.18 Å². The van der Waals surface area contributed by atoms with E-state index in [1.54, 1.807) is 26.3 Å². The van der Waals surface area contributed by atoms with Gasteiger partial charge in [-0.1, -0.05) is 62.7 Å². The van der Waals surface area contributed by atoms with Crippen LogP contribution in [0.5, 0.6) is 5.75 Å². The Balaban J connectivity index is 1.72. The number of alkyl halides is 3. The molecule has 0 saturated carbocycles. The zero-order valence-electron chi connectivity index (χ0n) is 22.5. The molecule has 4 rings (SSSR count). The number of aryl methyl sites for hydroxylation is 1. The summed E-state index contributed by atoms with van der Waals surface area (Å²) in [5, 5.41) is 10.4. The quantitative estimate of drug-likeness (QED) is 0.255. The first-order valence-corrected chi connectivity index (χ1v) is 12.6. The first-order chi connectivity index (χ1) is 18.8. The molecule has 40 heavy (non-hydrogen) atoms. The van der Waals surface area contributed by atoms with E-state index in [1.165, 1.54) is 29.1 Å². The second kappa shape index (κ2) is 11.2. The normalized spacial score (nSPS) is 11.8. The second-order valence-corrected chi connectivity index (χ2v) is 10.4. The third-order valence-corrected chi connectivity index (χ3v) is 6.40. The Labute approximate surface area is 234 Å². The van der Waals surface area contributed by atoms with Crippen LogP contribution in [0.25, 0.3) is 11.3 Å². The van der Waals surface area contributed by atoms with Crippen molar-refractivity contribution in [2.75, 3.05) is 17.7 Å². The highest BCUT2D eigenvalue weighted by Gasteiger charge is 2.34. The van der Waals surface area contributed by atoms with Gasteiger partial charge in [0.1, 0.15) is 11.4 Å². The van der Waals surface area contributed by atoms with E-state index in [1.807, 2.05) is 32.9 Å². The van der Waals surface area contributed by atoms with E-state index in [4.69, 9.17) is 16.3 Å². The molecular weight excluding hydrogens is 545 g/mol. The predicted octanol–water partition coefficient (Wildman–Crippen LogP) is 6.72. The lowest BCUT2D eigenvalue weighted by molar-refractivity contribution is -0.137. The SMILES string of the molecule is COc1ccc(CNc2nc(-c3ccccc3C(F)(F)F)cnc2NC(=O)c2c(Cl)c(C(C)(C)C)nn2C)cc1. The maximum Gasteiger partial charge on any atom is 0.417 e. The largest absolute Gasteiger partial charge is 0.497 e. The van der Waals surface area contributed by atoms with E-state index in [-0.39, 0.29) is 40.2 Å². The first-order valence-electron chi connectivity index (χ1n) is 12.2. The van der Waals surface area contributed by atoms with Crippen molar-refractivity contribution in [1.82, 2.24) is 19.7 Å². The van der Waals surface area contributed by atoms with Crippen LogP contribution >= 0.6 is 11.6 Å². The molecule has 0 unspecified atom stereocenters. The molecule has 210 valence electrons. The molecule has 2 N–H and O–H groups in total. The maximum atomic E-state index is 13.7. The van der Waals surface area contributed by atoms with Crippen LogP contribution in [0, 0.1) is 0 Å². The molecule has 4 aromatic rings. The number of carbonyl (C=O) groups excluding carboxylic acids is 1. The van der Waals surface area contributed by atoms with Crippen molar-refractivity contribution in [3.05, 3.63) is 82.3 Å². The van der Waals surface area contributed by atoms with Crippen molar-refractivity contribution in [3.63, 3.8) is 0 Å². The van der Waals surface area contributed by atoms with Gasteiger partial charge in [-0.3, -0.25) is 9.48 Å². The number of aromatic nitrogens is 4. The van der Waals surface area contributed by atoms with E-state index in [0.717, 1.165) is 11.6 Å². The van der Waals surface area contributed by atoms with Crippen molar-refractivity contribution < 1.29 is 22.7 Å². The van der Waals surface area contributed by atoms with E-state index in [9.17, 15) is 18.0 Å². The summed E-state index contributed by atoms with van der Waals surface area (Å²) in [7, 11) is 3.16. The highest BCUT2D eigenvalue weighted by Crippen LogP contribution is 2.37. The lowest BCUT2D eigenvalue weighted by atomic mass is 9.92. The fourth-order valence-corrected chi connectivity index (χ4v) is 4.54. The van der Waals surface area contributed by atoms with Crippen LogP contribution in [0.1, 0.15) is 48.1 Å². The summed E-state index contributed by atoms with van der Waals surface area (Å²) in [4.78, 5) is 22.0. The van der Waals surface area contributed by atoms with Crippen LogP contribution < -0.4 is 15.4 Å². The average molecular weight is 573 g/mol. The molecule has 0 radical (unpaired) electrons.